The molecule has 3 nitrogen and oxygen atoms in total. The van der Waals surface area contributed by atoms with E-state index in [1.807, 2.05) is 60.7 Å². The van der Waals surface area contributed by atoms with Crippen LogP contribution in [-0.2, 0) is 11.3 Å². The van der Waals surface area contributed by atoms with Crippen molar-refractivity contribution in [3.63, 3.8) is 0 Å². The number of alkyl halides is 3. The Morgan fingerprint density at radius 2 is 1.60 bits per heavy atom. The minimum absolute atomic E-state index is 0.170. The standard InChI is InChI=1S/C19H19F3N2O/c20-19(21,22)18(25)23-17-13-24(11-14-7-3-1-4-8-14)12-16(17)15-9-5-2-6-10-15/h1-10,16-17H,11-13H2,(H,23,25)/t16-,17-/m0/s1. The largest absolute Gasteiger partial charge is 0.471 e. The number of hydrogen-bond donors (Lipinski definition) is 1. The van der Waals surface area contributed by atoms with Crippen LogP contribution in [0.1, 0.15) is 17.0 Å². The molecule has 3 rings (SSSR count). The van der Waals surface area contributed by atoms with Crippen LogP contribution < -0.4 is 5.32 Å². The predicted molar refractivity (Wildman–Crippen MR) is 88.9 cm³/mol. The highest BCUT2D eigenvalue weighted by Gasteiger charge is 2.43. The Hall–Kier alpha value is -2.34. The van der Waals surface area contributed by atoms with Crippen molar-refractivity contribution in [3.05, 3.63) is 71.8 Å². The third kappa shape index (κ3) is 4.39. The summed E-state index contributed by atoms with van der Waals surface area (Å²) >= 11 is 0. The molecule has 2 aromatic rings. The summed E-state index contributed by atoms with van der Waals surface area (Å²) in [4.78, 5) is 13.5. The summed E-state index contributed by atoms with van der Waals surface area (Å²) in [7, 11) is 0. The Morgan fingerprint density at radius 1 is 1.00 bits per heavy atom. The van der Waals surface area contributed by atoms with E-state index in [1.54, 1.807) is 0 Å². The van der Waals surface area contributed by atoms with Crippen LogP contribution in [0.4, 0.5) is 13.2 Å². The Balaban J connectivity index is 1.76. The molecule has 0 saturated carbocycles. The molecule has 0 aromatic heterocycles. The van der Waals surface area contributed by atoms with E-state index in [9.17, 15) is 18.0 Å². The van der Waals surface area contributed by atoms with E-state index in [4.69, 9.17) is 0 Å². The highest BCUT2D eigenvalue weighted by atomic mass is 19.4. The minimum atomic E-state index is -4.87. The van der Waals surface area contributed by atoms with Crippen molar-refractivity contribution >= 4 is 5.91 Å². The molecule has 0 spiro atoms. The van der Waals surface area contributed by atoms with Gasteiger partial charge in [-0.15, -0.1) is 0 Å². The first kappa shape index (κ1) is 17.5. The molecule has 1 saturated heterocycles. The molecule has 0 unspecified atom stereocenters. The van der Waals surface area contributed by atoms with Crippen LogP contribution in [0.5, 0.6) is 0 Å². The van der Waals surface area contributed by atoms with Crippen LogP contribution in [0.25, 0.3) is 0 Å². The van der Waals surface area contributed by atoms with Gasteiger partial charge in [0.05, 0.1) is 0 Å². The zero-order valence-corrected chi connectivity index (χ0v) is 13.5. The van der Waals surface area contributed by atoms with Crippen molar-refractivity contribution in [1.82, 2.24) is 10.2 Å². The van der Waals surface area contributed by atoms with Gasteiger partial charge in [0.2, 0.25) is 0 Å². The second-order valence-electron chi connectivity index (χ2n) is 6.27. The fourth-order valence-corrected chi connectivity index (χ4v) is 3.29. The van der Waals surface area contributed by atoms with E-state index in [0.717, 1.165) is 11.1 Å². The molecule has 2 aromatic carbocycles. The number of rotatable bonds is 4. The predicted octanol–water partition coefficient (Wildman–Crippen LogP) is 3.33. The summed E-state index contributed by atoms with van der Waals surface area (Å²) in [6.07, 6.45) is -4.87. The number of hydrogen-bond acceptors (Lipinski definition) is 2. The number of nitrogens with zero attached hydrogens (tertiary/aromatic N) is 1. The van der Waals surface area contributed by atoms with Crippen LogP contribution in [-0.4, -0.2) is 36.1 Å². The number of carbonyl (C=O) groups is 1. The third-order valence-corrected chi connectivity index (χ3v) is 4.45. The number of halogens is 3. The molecule has 25 heavy (non-hydrogen) atoms. The maximum absolute atomic E-state index is 12.7. The third-order valence-electron chi connectivity index (χ3n) is 4.45. The number of likely N-dealkylation sites (tertiary alicyclic amines) is 1. The van der Waals surface area contributed by atoms with Crippen molar-refractivity contribution in [3.8, 4) is 0 Å². The van der Waals surface area contributed by atoms with Gasteiger partial charge in [-0.05, 0) is 11.1 Å². The number of benzene rings is 2. The van der Waals surface area contributed by atoms with Crippen LogP contribution in [0.2, 0.25) is 0 Å². The lowest BCUT2D eigenvalue weighted by molar-refractivity contribution is -0.174. The smallest absolute Gasteiger partial charge is 0.344 e. The summed E-state index contributed by atoms with van der Waals surface area (Å²) in [6, 6.07) is 18.6. The summed E-state index contributed by atoms with van der Waals surface area (Å²) in [5, 5.41) is 2.18. The highest BCUT2D eigenvalue weighted by Crippen LogP contribution is 2.29. The van der Waals surface area contributed by atoms with Crippen molar-refractivity contribution in [2.75, 3.05) is 13.1 Å². The molecular weight excluding hydrogens is 329 g/mol. The van der Waals surface area contributed by atoms with Gasteiger partial charge in [0.25, 0.3) is 0 Å². The number of nitrogens with one attached hydrogen (secondary N) is 1. The molecule has 0 aliphatic carbocycles. The van der Waals surface area contributed by atoms with E-state index in [0.29, 0.717) is 19.6 Å². The van der Waals surface area contributed by atoms with Crippen molar-refractivity contribution in [2.45, 2.75) is 24.7 Å². The summed E-state index contributed by atoms with van der Waals surface area (Å²) < 4.78 is 38.0. The van der Waals surface area contributed by atoms with Gasteiger partial charge < -0.3 is 5.32 Å². The zero-order chi connectivity index (χ0) is 17.9. The molecule has 1 aliphatic heterocycles. The van der Waals surface area contributed by atoms with E-state index in [2.05, 4.69) is 10.2 Å². The van der Waals surface area contributed by atoms with Gasteiger partial charge in [-0.3, -0.25) is 9.69 Å². The lowest BCUT2D eigenvalue weighted by Crippen LogP contribution is -2.46. The van der Waals surface area contributed by atoms with E-state index >= 15 is 0 Å². The second-order valence-corrected chi connectivity index (χ2v) is 6.27. The van der Waals surface area contributed by atoms with Gasteiger partial charge in [0.1, 0.15) is 0 Å². The highest BCUT2D eigenvalue weighted by molar-refractivity contribution is 5.82. The average molecular weight is 348 g/mol. The van der Waals surface area contributed by atoms with Crippen LogP contribution >= 0.6 is 0 Å². The maximum Gasteiger partial charge on any atom is 0.471 e. The Bertz CT molecular complexity index is 704. The molecule has 6 heteroatoms. The van der Waals surface area contributed by atoms with Crippen molar-refractivity contribution in [2.24, 2.45) is 0 Å². The Kier molecular flexibility index (Phi) is 5.08. The normalized spacial score (nSPS) is 21.2. The van der Waals surface area contributed by atoms with Gasteiger partial charge in [-0.25, -0.2) is 0 Å². The van der Waals surface area contributed by atoms with Gasteiger partial charge >= 0.3 is 12.1 Å². The first-order valence-corrected chi connectivity index (χ1v) is 8.12. The molecular formula is C19H19F3N2O. The molecule has 1 aliphatic rings. The molecule has 132 valence electrons. The van der Waals surface area contributed by atoms with Gasteiger partial charge in [-0.2, -0.15) is 13.2 Å². The van der Waals surface area contributed by atoms with E-state index in [-0.39, 0.29) is 5.92 Å². The van der Waals surface area contributed by atoms with Crippen LogP contribution in [0, 0.1) is 0 Å². The summed E-state index contributed by atoms with van der Waals surface area (Å²) in [5.74, 6) is -2.05. The topological polar surface area (TPSA) is 32.3 Å². The van der Waals surface area contributed by atoms with Gasteiger partial charge in [-0.1, -0.05) is 60.7 Å². The molecule has 1 fully saturated rings. The van der Waals surface area contributed by atoms with Crippen molar-refractivity contribution < 1.29 is 18.0 Å². The second kappa shape index (κ2) is 7.27. The average Bonchev–Trinajstić information content (AvgIpc) is 2.98. The first-order chi connectivity index (χ1) is 11.9. The van der Waals surface area contributed by atoms with Crippen molar-refractivity contribution in [1.29, 1.82) is 0 Å². The fourth-order valence-electron chi connectivity index (χ4n) is 3.29. The quantitative estimate of drug-likeness (QED) is 0.919. The molecule has 0 radical (unpaired) electrons. The Labute approximate surface area is 144 Å². The molecule has 0 bridgehead atoms. The lowest BCUT2D eigenvalue weighted by Gasteiger charge is -2.21. The number of carbonyl (C=O) groups excluding carboxylic acids is 1. The maximum atomic E-state index is 12.7. The van der Waals surface area contributed by atoms with Gasteiger partial charge in [0.15, 0.2) is 0 Å². The molecule has 1 N–H and O–H groups in total. The monoisotopic (exact) mass is 348 g/mol. The molecule has 2 atom stereocenters. The van der Waals surface area contributed by atoms with E-state index in [1.165, 1.54) is 0 Å². The lowest BCUT2D eigenvalue weighted by atomic mass is 9.94. The van der Waals surface area contributed by atoms with Gasteiger partial charge in [0, 0.05) is 31.6 Å². The molecule has 1 amide bonds. The van der Waals surface area contributed by atoms with Crippen LogP contribution in [0.15, 0.2) is 60.7 Å². The summed E-state index contributed by atoms with van der Waals surface area (Å²) in [6.45, 7) is 1.63. The first-order valence-electron chi connectivity index (χ1n) is 8.12. The Morgan fingerprint density at radius 3 is 2.20 bits per heavy atom. The summed E-state index contributed by atoms with van der Waals surface area (Å²) in [5.41, 5.74) is 2.03. The number of amides is 1. The van der Waals surface area contributed by atoms with Crippen LogP contribution in [0.3, 0.4) is 0 Å². The fraction of sp³-hybridized carbons (Fsp3) is 0.316. The minimum Gasteiger partial charge on any atom is -0.344 e. The SMILES string of the molecule is O=C(N[C@H]1CN(Cc2ccccc2)C[C@H]1c1ccccc1)C(F)(F)F. The zero-order valence-electron chi connectivity index (χ0n) is 13.5. The molecule has 1 heterocycles. The van der Waals surface area contributed by atoms with E-state index < -0.39 is 18.1 Å².